The Kier molecular flexibility index (Phi) is 3.33. The van der Waals surface area contributed by atoms with E-state index in [1.807, 2.05) is 16.8 Å². The topological polar surface area (TPSA) is 86.7 Å². The molecule has 3 aromatic rings. The molecule has 0 saturated carbocycles. The fourth-order valence-corrected chi connectivity index (χ4v) is 2.58. The summed E-state index contributed by atoms with van der Waals surface area (Å²) < 4.78 is 0. The summed E-state index contributed by atoms with van der Waals surface area (Å²) in [6.45, 7) is 0.332. The van der Waals surface area contributed by atoms with E-state index in [1.54, 1.807) is 11.3 Å². The van der Waals surface area contributed by atoms with E-state index in [0.717, 1.165) is 5.56 Å². The van der Waals surface area contributed by atoms with Gasteiger partial charge in [-0.3, -0.25) is 0 Å². The molecule has 0 fully saturated rings. The summed E-state index contributed by atoms with van der Waals surface area (Å²) in [4.78, 5) is 15.0. The number of halogens is 1. The highest BCUT2D eigenvalue weighted by molar-refractivity contribution is 7.07. The van der Waals surface area contributed by atoms with Gasteiger partial charge in [0.1, 0.15) is 5.52 Å². The minimum Gasteiger partial charge on any atom is -0.387 e. The Labute approximate surface area is 117 Å². The van der Waals surface area contributed by atoms with Gasteiger partial charge in [0.2, 0.25) is 5.28 Å². The second-order valence-corrected chi connectivity index (χ2v) is 5.01. The number of aromatic nitrogens is 4. The van der Waals surface area contributed by atoms with Crippen LogP contribution >= 0.6 is 22.9 Å². The lowest BCUT2D eigenvalue weighted by Crippen LogP contribution is -2.13. The summed E-state index contributed by atoms with van der Waals surface area (Å²) in [5, 5.41) is 17.0. The fraction of sp³-hybridized carbons (Fsp3) is 0.182. The predicted octanol–water partition coefficient (Wildman–Crippen LogP) is 2.21. The van der Waals surface area contributed by atoms with E-state index in [9.17, 15) is 5.11 Å². The van der Waals surface area contributed by atoms with E-state index < -0.39 is 6.10 Å². The lowest BCUT2D eigenvalue weighted by molar-refractivity contribution is 0.192. The molecule has 0 aliphatic heterocycles. The Hall–Kier alpha value is -1.70. The Balaban J connectivity index is 1.80. The van der Waals surface area contributed by atoms with Crippen LogP contribution in [0.2, 0.25) is 5.28 Å². The van der Waals surface area contributed by atoms with Crippen molar-refractivity contribution in [2.24, 2.45) is 0 Å². The zero-order valence-corrected chi connectivity index (χ0v) is 11.2. The number of hydrogen-bond donors (Lipinski definition) is 3. The minimum atomic E-state index is -0.599. The predicted molar refractivity (Wildman–Crippen MR) is 74.5 cm³/mol. The second-order valence-electron chi connectivity index (χ2n) is 3.90. The largest absolute Gasteiger partial charge is 0.387 e. The summed E-state index contributed by atoms with van der Waals surface area (Å²) in [6.07, 6.45) is 0.925. The summed E-state index contributed by atoms with van der Waals surface area (Å²) >= 11 is 7.36. The molecule has 0 aliphatic rings. The molecule has 3 aromatic heterocycles. The summed E-state index contributed by atoms with van der Waals surface area (Å²) in [7, 11) is 0. The summed E-state index contributed by atoms with van der Waals surface area (Å²) in [5.41, 5.74) is 2.04. The number of nitrogens with zero attached hydrogens (tertiary/aromatic N) is 3. The van der Waals surface area contributed by atoms with E-state index >= 15 is 0 Å². The molecule has 3 heterocycles. The van der Waals surface area contributed by atoms with Crippen molar-refractivity contribution in [3.05, 3.63) is 34.0 Å². The Bertz CT molecular complexity index is 684. The molecule has 0 aliphatic carbocycles. The maximum Gasteiger partial charge on any atom is 0.226 e. The Morgan fingerprint density at radius 3 is 3.16 bits per heavy atom. The normalized spacial score (nSPS) is 12.7. The van der Waals surface area contributed by atoms with Crippen molar-refractivity contribution in [3.8, 4) is 0 Å². The van der Waals surface area contributed by atoms with Gasteiger partial charge in [-0.05, 0) is 34.0 Å². The number of anilines is 1. The van der Waals surface area contributed by atoms with E-state index in [1.165, 1.54) is 6.33 Å². The number of aromatic amines is 1. The molecule has 98 valence electrons. The van der Waals surface area contributed by atoms with Crippen LogP contribution in [0.5, 0.6) is 0 Å². The number of hydrogen-bond acceptors (Lipinski definition) is 6. The highest BCUT2D eigenvalue weighted by atomic mass is 35.5. The molecule has 0 bridgehead atoms. The van der Waals surface area contributed by atoms with Crippen LogP contribution in [0.1, 0.15) is 11.7 Å². The van der Waals surface area contributed by atoms with Gasteiger partial charge in [-0.2, -0.15) is 21.3 Å². The molecule has 3 rings (SSSR count). The third kappa shape index (κ3) is 2.53. The Morgan fingerprint density at radius 2 is 2.37 bits per heavy atom. The maximum atomic E-state index is 10.0. The van der Waals surface area contributed by atoms with Crippen molar-refractivity contribution < 1.29 is 5.11 Å². The quantitative estimate of drug-likeness (QED) is 0.642. The van der Waals surface area contributed by atoms with Crippen LogP contribution in [-0.4, -0.2) is 31.6 Å². The van der Waals surface area contributed by atoms with Crippen molar-refractivity contribution >= 4 is 39.9 Å². The van der Waals surface area contributed by atoms with Gasteiger partial charge in [-0.25, -0.2) is 4.98 Å². The first kappa shape index (κ1) is 12.3. The zero-order chi connectivity index (χ0) is 13.2. The summed E-state index contributed by atoms with van der Waals surface area (Å²) in [5.74, 6) is 0.529. The third-order valence-electron chi connectivity index (χ3n) is 2.65. The Morgan fingerprint density at radius 1 is 1.47 bits per heavy atom. The number of rotatable bonds is 4. The number of aliphatic hydroxyl groups is 1. The highest BCUT2D eigenvalue weighted by Gasteiger charge is 2.12. The van der Waals surface area contributed by atoms with Crippen LogP contribution < -0.4 is 5.32 Å². The molecule has 8 heteroatoms. The van der Waals surface area contributed by atoms with Crippen molar-refractivity contribution in [2.45, 2.75) is 6.10 Å². The second kappa shape index (κ2) is 5.12. The van der Waals surface area contributed by atoms with Gasteiger partial charge >= 0.3 is 0 Å². The molecule has 6 nitrogen and oxygen atoms in total. The van der Waals surface area contributed by atoms with Crippen LogP contribution in [0, 0.1) is 0 Å². The number of thiophene rings is 1. The van der Waals surface area contributed by atoms with Gasteiger partial charge in [0, 0.05) is 6.54 Å². The fourth-order valence-electron chi connectivity index (χ4n) is 1.71. The van der Waals surface area contributed by atoms with Gasteiger partial charge < -0.3 is 15.4 Å². The van der Waals surface area contributed by atoms with Gasteiger partial charge in [-0.15, -0.1) is 0 Å². The molecule has 0 amide bonds. The smallest absolute Gasteiger partial charge is 0.226 e. The molecule has 19 heavy (non-hydrogen) atoms. The standard InChI is InChI=1S/C11H10ClN5OS/c12-11-16-9(8-10(17-11)15-5-14-8)13-3-7(18)6-1-2-19-4-6/h1-2,4-5,7,18H,3H2,(H2,13,14,15,16,17). The average Bonchev–Trinajstić information content (AvgIpc) is 3.05. The number of imidazole rings is 1. The average molecular weight is 296 g/mol. The first-order valence-electron chi connectivity index (χ1n) is 5.54. The lowest BCUT2D eigenvalue weighted by atomic mass is 10.2. The van der Waals surface area contributed by atoms with Crippen molar-refractivity contribution in [3.63, 3.8) is 0 Å². The molecule has 3 N–H and O–H groups in total. The molecule has 0 radical (unpaired) electrons. The van der Waals surface area contributed by atoms with Crippen LogP contribution in [0.4, 0.5) is 5.82 Å². The molecular formula is C11H10ClN5OS. The van der Waals surface area contributed by atoms with Crippen LogP contribution in [0.25, 0.3) is 11.2 Å². The molecule has 0 spiro atoms. The monoisotopic (exact) mass is 295 g/mol. The number of fused-ring (bicyclic) bond motifs is 1. The molecule has 1 unspecified atom stereocenters. The number of H-pyrrole nitrogens is 1. The summed E-state index contributed by atoms with van der Waals surface area (Å²) in [6, 6.07) is 1.88. The molecule has 0 saturated heterocycles. The van der Waals surface area contributed by atoms with E-state index in [-0.39, 0.29) is 5.28 Å². The minimum absolute atomic E-state index is 0.118. The first-order valence-corrected chi connectivity index (χ1v) is 6.87. The van der Waals surface area contributed by atoms with E-state index in [4.69, 9.17) is 11.6 Å². The van der Waals surface area contributed by atoms with Gasteiger partial charge in [-0.1, -0.05) is 0 Å². The lowest BCUT2D eigenvalue weighted by Gasteiger charge is -2.11. The van der Waals surface area contributed by atoms with Crippen LogP contribution in [0.3, 0.4) is 0 Å². The van der Waals surface area contributed by atoms with Gasteiger partial charge in [0.25, 0.3) is 0 Å². The van der Waals surface area contributed by atoms with Crippen LogP contribution in [-0.2, 0) is 0 Å². The van der Waals surface area contributed by atoms with Crippen molar-refractivity contribution in [2.75, 3.05) is 11.9 Å². The van der Waals surface area contributed by atoms with Gasteiger partial charge in [0.15, 0.2) is 11.5 Å². The van der Waals surface area contributed by atoms with E-state index in [0.29, 0.717) is 23.5 Å². The number of aliphatic hydroxyl groups excluding tert-OH is 1. The molecule has 0 aromatic carbocycles. The maximum absolute atomic E-state index is 10.0. The van der Waals surface area contributed by atoms with Crippen LogP contribution in [0.15, 0.2) is 23.2 Å². The zero-order valence-electron chi connectivity index (χ0n) is 9.67. The number of nitrogens with one attached hydrogen (secondary N) is 2. The molecular weight excluding hydrogens is 286 g/mol. The van der Waals surface area contributed by atoms with E-state index in [2.05, 4.69) is 25.3 Å². The van der Waals surface area contributed by atoms with Gasteiger partial charge in [0.05, 0.1) is 12.4 Å². The SMILES string of the molecule is OC(CNc1nc(Cl)nc2nc[nH]c12)c1ccsc1. The first-order chi connectivity index (χ1) is 9.24. The van der Waals surface area contributed by atoms with Crippen molar-refractivity contribution in [1.29, 1.82) is 0 Å². The molecule has 1 atom stereocenters. The highest BCUT2D eigenvalue weighted by Crippen LogP contribution is 2.21. The van der Waals surface area contributed by atoms with Crippen molar-refractivity contribution in [1.82, 2.24) is 19.9 Å². The third-order valence-corrected chi connectivity index (χ3v) is 3.52.